The van der Waals surface area contributed by atoms with Crippen molar-refractivity contribution in [3.05, 3.63) is 42.2 Å². The largest absolute Gasteiger partial charge is 0.385 e. The van der Waals surface area contributed by atoms with Crippen LogP contribution in [0.5, 0.6) is 0 Å². The molecule has 1 aromatic heterocycles. The molecule has 3 heterocycles. The van der Waals surface area contributed by atoms with Gasteiger partial charge in [-0.3, -0.25) is 4.98 Å². The van der Waals surface area contributed by atoms with Gasteiger partial charge in [0.2, 0.25) is 0 Å². The van der Waals surface area contributed by atoms with Crippen molar-refractivity contribution in [2.24, 2.45) is 0 Å². The van der Waals surface area contributed by atoms with Gasteiger partial charge in [0.05, 0.1) is 5.60 Å². The van der Waals surface area contributed by atoms with E-state index in [0.29, 0.717) is 12.1 Å². The fourth-order valence-electron chi connectivity index (χ4n) is 4.05. The normalized spacial score (nSPS) is 33.7. The minimum absolute atomic E-state index is 0.534. The number of benzene rings is 1. The van der Waals surface area contributed by atoms with Gasteiger partial charge < -0.3 is 10.0 Å². The van der Waals surface area contributed by atoms with Crippen molar-refractivity contribution < 1.29 is 5.11 Å². The molecule has 2 bridgehead atoms. The summed E-state index contributed by atoms with van der Waals surface area (Å²) in [5.41, 5.74) is 0.414. The first kappa shape index (κ1) is 12.3. The highest BCUT2D eigenvalue weighted by Gasteiger charge is 2.46. The molecule has 2 saturated heterocycles. The Morgan fingerprint density at radius 3 is 2.65 bits per heavy atom. The van der Waals surface area contributed by atoms with E-state index in [2.05, 4.69) is 35.1 Å². The predicted molar refractivity (Wildman–Crippen MR) is 79.4 cm³/mol. The van der Waals surface area contributed by atoms with E-state index in [9.17, 15) is 5.11 Å². The monoisotopic (exact) mass is 268 g/mol. The Hall–Kier alpha value is -1.45. The quantitative estimate of drug-likeness (QED) is 0.864. The maximum Gasteiger partial charge on any atom is 0.0926 e. The van der Waals surface area contributed by atoms with Crippen LogP contribution in [-0.2, 0) is 5.60 Å². The fourth-order valence-corrected chi connectivity index (χ4v) is 4.05. The highest BCUT2D eigenvalue weighted by molar-refractivity contribution is 5.82. The molecule has 2 aliphatic rings. The van der Waals surface area contributed by atoms with Gasteiger partial charge in [0.25, 0.3) is 0 Å². The summed E-state index contributed by atoms with van der Waals surface area (Å²) in [4.78, 5) is 6.61. The van der Waals surface area contributed by atoms with Gasteiger partial charge in [0, 0.05) is 29.9 Å². The van der Waals surface area contributed by atoms with Crippen LogP contribution in [0.15, 0.2) is 36.7 Å². The van der Waals surface area contributed by atoms with E-state index in [0.717, 1.165) is 29.2 Å². The zero-order valence-corrected chi connectivity index (χ0v) is 11.8. The van der Waals surface area contributed by atoms with Crippen LogP contribution in [0, 0.1) is 0 Å². The number of aliphatic hydroxyl groups is 1. The molecular weight excluding hydrogens is 248 g/mol. The second-order valence-electron chi connectivity index (χ2n) is 6.43. The molecular formula is C17H20N2O. The van der Waals surface area contributed by atoms with Crippen LogP contribution < -0.4 is 0 Å². The van der Waals surface area contributed by atoms with E-state index in [-0.39, 0.29) is 0 Å². The Balaban J connectivity index is 1.75. The van der Waals surface area contributed by atoms with Gasteiger partial charge in [-0.05, 0) is 55.8 Å². The maximum absolute atomic E-state index is 11.2. The Morgan fingerprint density at radius 2 is 1.90 bits per heavy atom. The summed E-state index contributed by atoms with van der Waals surface area (Å²) in [6.45, 7) is 0. The Labute approximate surface area is 119 Å². The number of hydrogen-bond acceptors (Lipinski definition) is 3. The van der Waals surface area contributed by atoms with Gasteiger partial charge in [0.15, 0.2) is 0 Å². The zero-order chi connectivity index (χ0) is 13.7. The van der Waals surface area contributed by atoms with Crippen LogP contribution in [0.4, 0.5) is 0 Å². The lowest BCUT2D eigenvalue weighted by Gasteiger charge is -2.42. The topological polar surface area (TPSA) is 36.4 Å². The van der Waals surface area contributed by atoms with Crippen molar-refractivity contribution in [2.75, 3.05) is 7.05 Å². The first-order valence-corrected chi connectivity index (χ1v) is 7.44. The molecule has 3 heteroatoms. The van der Waals surface area contributed by atoms with E-state index in [4.69, 9.17) is 0 Å². The van der Waals surface area contributed by atoms with Crippen molar-refractivity contribution in [2.45, 2.75) is 43.4 Å². The summed E-state index contributed by atoms with van der Waals surface area (Å²) >= 11 is 0. The van der Waals surface area contributed by atoms with Gasteiger partial charge in [-0.15, -0.1) is 0 Å². The van der Waals surface area contributed by atoms with Crippen molar-refractivity contribution in [3.63, 3.8) is 0 Å². The van der Waals surface area contributed by atoms with Crippen molar-refractivity contribution in [3.8, 4) is 0 Å². The average molecular weight is 268 g/mol. The standard InChI is InChI=1S/C17H20N2O/c1-19-15-4-5-16(19)10-17(20,9-15)14-3-2-13-11-18-7-6-12(13)8-14/h2-3,6-8,11,15-16,20H,4-5,9-10H2,1H3. The zero-order valence-electron chi connectivity index (χ0n) is 11.8. The lowest BCUT2D eigenvalue weighted by atomic mass is 9.80. The average Bonchev–Trinajstić information content (AvgIpc) is 2.70. The van der Waals surface area contributed by atoms with Crippen LogP contribution in [-0.4, -0.2) is 34.1 Å². The molecule has 1 aromatic carbocycles. The SMILES string of the molecule is CN1C2CCC1CC(O)(c1ccc3cnccc3c1)C2. The third-order valence-electron chi connectivity index (χ3n) is 5.31. The first-order valence-electron chi connectivity index (χ1n) is 7.44. The summed E-state index contributed by atoms with van der Waals surface area (Å²) in [7, 11) is 2.20. The minimum Gasteiger partial charge on any atom is -0.385 e. The molecule has 3 nitrogen and oxygen atoms in total. The lowest BCUT2D eigenvalue weighted by Crippen LogP contribution is -2.47. The van der Waals surface area contributed by atoms with Crippen molar-refractivity contribution in [1.82, 2.24) is 9.88 Å². The maximum atomic E-state index is 11.2. The van der Waals surface area contributed by atoms with Crippen LogP contribution in [0.2, 0.25) is 0 Å². The van der Waals surface area contributed by atoms with Crippen molar-refractivity contribution in [1.29, 1.82) is 0 Å². The molecule has 0 amide bonds. The number of fused-ring (bicyclic) bond motifs is 3. The van der Waals surface area contributed by atoms with E-state index in [1.807, 2.05) is 18.5 Å². The van der Waals surface area contributed by atoms with Crippen LogP contribution >= 0.6 is 0 Å². The molecule has 2 aliphatic heterocycles. The van der Waals surface area contributed by atoms with Gasteiger partial charge in [0.1, 0.15) is 0 Å². The predicted octanol–water partition coefficient (Wildman–Crippen LogP) is 2.68. The number of hydrogen-bond donors (Lipinski definition) is 1. The summed E-state index contributed by atoms with van der Waals surface area (Å²) in [6, 6.07) is 9.39. The van der Waals surface area contributed by atoms with Gasteiger partial charge >= 0.3 is 0 Å². The van der Waals surface area contributed by atoms with Crippen LogP contribution in [0.3, 0.4) is 0 Å². The molecule has 0 radical (unpaired) electrons. The number of pyridine rings is 1. The number of aromatic nitrogens is 1. The smallest absolute Gasteiger partial charge is 0.0926 e. The number of nitrogens with zero attached hydrogens (tertiary/aromatic N) is 2. The van der Waals surface area contributed by atoms with E-state index in [1.54, 1.807) is 0 Å². The van der Waals surface area contributed by atoms with Gasteiger partial charge in [-0.1, -0.05) is 12.1 Å². The second kappa shape index (κ2) is 4.27. The molecule has 20 heavy (non-hydrogen) atoms. The molecule has 0 saturated carbocycles. The van der Waals surface area contributed by atoms with E-state index in [1.165, 1.54) is 12.8 Å². The fraction of sp³-hybridized carbons (Fsp3) is 0.471. The Morgan fingerprint density at radius 1 is 1.15 bits per heavy atom. The molecule has 1 N–H and O–H groups in total. The van der Waals surface area contributed by atoms with E-state index < -0.39 is 5.60 Å². The number of piperidine rings is 1. The minimum atomic E-state index is -0.657. The molecule has 0 aliphatic carbocycles. The summed E-state index contributed by atoms with van der Waals surface area (Å²) in [6.07, 6.45) is 7.85. The molecule has 104 valence electrons. The lowest BCUT2D eigenvalue weighted by molar-refractivity contribution is -0.0492. The van der Waals surface area contributed by atoms with Gasteiger partial charge in [-0.2, -0.15) is 0 Å². The molecule has 0 spiro atoms. The Bertz CT molecular complexity index is 640. The molecule has 2 unspecified atom stereocenters. The summed E-state index contributed by atoms with van der Waals surface area (Å²) in [5, 5.41) is 13.5. The molecule has 2 atom stereocenters. The Kier molecular flexibility index (Phi) is 2.63. The molecule has 4 rings (SSSR count). The number of rotatable bonds is 1. The molecule has 2 fully saturated rings. The third-order valence-corrected chi connectivity index (χ3v) is 5.31. The van der Waals surface area contributed by atoms with Crippen molar-refractivity contribution >= 4 is 10.8 Å². The van der Waals surface area contributed by atoms with Crippen LogP contribution in [0.1, 0.15) is 31.2 Å². The molecule has 2 aromatic rings. The third kappa shape index (κ3) is 1.77. The van der Waals surface area contributed by atoms with Crippen LogP contribution in [0.25, 0.3) is 10.8 Å². The summed E-state index contributed by atoms with van der Waals surface area (Å²) in [5.74, 6) is 0. The van der Waals surface area contributed by atoms with Gasteiger partial charge in [-0.25, -0.2) is 0 Å². The second-order valence-corrected chi connectivity index (χ2v) is 6.43. The highest BCUT2D eigenvalue weighted by Crippen LogP contribution is 2.45. The first-order chi connectivity index (χ1) is 9.66. The summed E-state index contributed by atoms with van der Waals surface area (Å²) < 4.78 is 0. The van der Waals surface area contributed by atoms with E-state index >= 15 is 0 Å². The highest BCUT2D eigenvalue weighted by atomic mass is 16.3.